The highest BCUT2D eigenvalue weighted by atomic mass is 35.5. The molecule has 0 aromatic heterocycles. The van der Waals surface area contributed by atoms with Gasteiger partial charge < -0.3 is 10.2 Å². The molecule has 3 heteroatoms. The number of aryl methyl sites for hydroxylation is 1. The van der Waals surface area contributed by atoms with Crippen LogP contribution in [-0.4, -0.2) is 26.2 Å². The zero-order chi connectivity index (χ0) is 11.3. The van der Waals surface area contributed by atoms with Gasteiger partial charge in [0.05, 0.1) is 0 Å². The minimum absolute atomic E-state index is 0.617. The second-order valence-corrected chi connectivity index (χ2v) is 5.37. The van der Waals surface area contributed by atoms with Gasteiger partial charge in [0.1, 0.15) is 0 Å². The van der Waals surface area contributed by atoms with Crippen LogP contribution in [0.15, 0.2) is 12.1 Å². The Bertz CT molecular complexity index is 430. The van der Waals surface area contributed by atoms with Gasteiger partial charge in [-0.25, -0.2) is 0 Å². The van der Waals surface area contributed by atoms with E-state index in [9.17, 15) is 0 Å². The molecule has 1 aromatic carbocycles. The third-order valence-electron chi connectivity index (χ3n) is 3.99. The Morgan fingerprint density at radius 2 is 2.25 bits per heavy atom. The molecule has 0 bridgehead atoms. The molecule has 0 radical (unpaired) electrons. The van der Waals surface area contributed by atoms with Gasteiger partial charge in [0, 0.05) is 36.3 Å². The van der Waals surface area contributed by atoms with Crippen molar-refractivity contribution in [2.24, 2.45) is 0 Å². The summed E-state index contributed by atoms with van der Waals surface area (Å²) in [6.07, 6.45) is 1.23. The zero-order valence-corrected chi connectivity index (χ0v) is 10.5. The fraction of sp³-hybridized carbons (Fsp3) is 0.538. The normalized spacial score (nSPS) is 27.8. The third kappa shape index (κ3) is 1.36. The number of nitrogens with one attached hydrogen (secondary N) is 1. The number of benzene rings is 1. The molecule has 1 N–H and O–H groups in total. The van der Waals surface area contributed by atoms with Gasteiger partial charge in [0.15, 0.2) is 0 Å². The molecule has 0 amide bonds. The standard InChI is InChI=1S/C13H17ClN2/c1-8-5-9(14)6-10-11-7-15-4-3-12(11)16(2)13(8)10/h5-6,11-12,15H,3-4,7H2,1-2H3. The Morgan fingerprint density at radius 1 is 1.44 bits per heavy atom. The van der Waals surface area contributed by atoms with Crippen molar-refractivity contribution in [3.63, 3.8) is 0 Å². The number of piperidine rings is 1. The number of rotatable bonds is 0. The molecule has 0 aliphatic carbocycles. The minimum atomic E-state index is 0.617. The van der Waals surface area contributed by atoms with E-state index in [0.717, 1.165) is 18.1 Å². The number of anilines is 1. The molecule has 2 heterocycles. The van der Waals surface area contributed by atoms with Crippen molar-refractivity contribution in [1.29, 1.82) is 0 Å². The van der Waals surface area contributed by atoms with E-state index < -0.39 is 0 Å². The van der Waals surface area contributed by atoms with Gasteiger partial charge in [-0.2, -0.15) is 0 Å². The Hall–Kier alpha value is -0.730. The highest BCUT2D eigenvalue weighted by Crippen LogP contribution is 2.45. The number of halogens is 1. The lowest BCUT2D eigenvalue weighted by Crippen LogP contribution is -2.42. The predicted octanol–water partition coefficient (Wildman–Crippen LogP) is 2.54. The van der Waals surface area contributed by atoms with E-state index in [4.69, 9.17) is 11.6 Å². The van der Waals surface area contributed by atoms with Crippen molar-refractivity contribution in [1.82, 2.24) is 5.32 Å². The summed E-state index contributed by atoms with van der Waals surface area (Å²) in [7, 11) is 2.22. The van der Waals surface area contributed by atoms with Crippen LogP contribution >= 0.6 is 11.6 Å². The second kappa shape index (κ2) is 3.64. The first-order chi connectivity index (χ1) is 7.68. The molecule has 1 fully saturated rings. The first-order valence-electron chi connectivity index (χ1n) is 5.92. The van der Waals surface area contributed by atoms with Gasteiger partial charge in [0.25, 0.3) is 0 Å². The number of likely N-dealkylation sites (N-methyl/N-ethyl adjacent to an activating group) is 1. The van der Waals surface area contributed by atoms with Crippen LogP contribution < -0.4 is 10.2 Å². The van der Waals surface area contributed by atoms with E-state index in [0.29, 0.717) is 12.0 Å². The van der Waals surface area contributed by atoms with Crippen LogP contribution in [0.1, 0.15) is 23.5 Å². The Balaban J connectivity index is 2.13. The van der Waals surface area contributed by atoms with E-state index in [-0.39, 0.29) is 0 Å². The van der Waals surface area contributed by atoms with Crippen molar-refractivity contribution in [3.8, 4) is 0 Å². The molecular formula is C13H17ClN2. The lowest BCUT2D eigenvalue weighted by atomic mass is 9.90. The third-order valence-corrected chi connectivity index (χ3v) is 4.21. The largest absolute Gasteiger partial charge is 0.370 e. The molecule has 16 heavy (non-hydrogen) atoms. The fourth-order valence-electron chi connectivity index (χ4n) is 3.32. The van der Waals surface area contributed by atoms with Crippen molar-refractivity contribution < 1.29 is 0 Å². The molecule has 1 aromatic rings. The number of fused-ring (bicyclic) bond motifs is 3. The van der Waals surface area contributed by atoms with Crippen molar-refractivity contribution in [2.45, 2.75) is 25.3 Å². The quantitative estimate of drug-likeness (QED) is 0.745. The van der Waals surface area contributed by atoms with Gasteiger partial charge in [-0.3, -0.25) is 0 Å². The number of hydrogen-bond acceptors (Lipinski definition) is 2. The van der Waals surface area contributed by atoms with Crippen LogP contribution in [0.2, 0.25) is 5.02 Å². The van der Waals surface area contributed by atoms with Gasteiger partial charge >= 0.3 is 0 Å². The lowest BCUT2D eigenvalue weighted by Gasteiger charge is -2.31. The molecule has 2 aliphatic rings. The van der Waals surface area contributed by atoms with Gasteiger partial charge in [-0.15, -0.1) is 0 Å². The first kappa shape index (κ1) is 10.4. The summed E-state index contributed by atoms with van der Waals surface area (Å²) in [5.41, 5.74) is 4.15. The van der Waals surface area contributed by atoms with Crippen LogP contribution in [0, 0.1) is 6.92 Å². The lowest BCUT2D eigenvalue weighted by molar-refractivity contribution is 0.413. The molecule has 2 nitrogen and oxygen atoms in total. The number of hydrogen-bond donors (Lipinski definition) is 1. The summed E-state index contributed by atoms with van der Waals surface area (Å²) in [6.45, 7) is 4.38. The smallest absolute Gasteiger partial charge is 0.0433 e. The van der Waals surface area contributed by atoms with E-state index in [1.54, 1.807) is 0 Å². The maximum absolute atomic E-state index is 6.17. The Morgan fingerprint density at radius 3 is 3.06 bits per heavy atom. The minimum Gasteiger partial charge on any atom is -0.370 e. The molecule has 2 unspecified atom stereocenters. The van der Waals surface area contributed by atoms with Gasteiger partial charge in [-0.05, 0) is 43.1 Å². The van der Waals surface area contributed by atoms with Crippen LogP contribution in [0.5, 0.6) is 0 Å². The second-order valence-electron chi connectivity index (χ2n) is 4.94. The average Bonchev–Trinajstić information content (AvgIpc) is 2.54. The summed E-state index contributed by atoms with van der Waals surface area (Å²) in [5.74, 6) is 0.617. The summed E-state index contributed by atoms with van der Waals surface area (Å²) < 4.78 is 0. The van der Waals surface area contributed by atoms with Gasteiger partial charge in [-0.1, -0.05) is 11.6 Å². The maximum Gasteiger partial charge on any atom is 0.0433 e. The monoisotopic (exact) mass is 236 g/mol. The summed E-state index contributed by atoms with van der Waals surface area (Å²) in [4.78, 5) is 2.45. The molecule has 86 valence electrons. The van der Waals surface area contributed by atoms with E-state index >= 15 is 0 Å². The predicted molar refractivity (Wildman–Crippen MR) is 68.6 cm³/mol. The molecule has 2 atom stereocenters. The molecule has 1 saturated heterocycles. The highest BCUT2D eigenvalue weighted by molar-refractivity contribution is 6.30. The van der Waals surface area contributed by atoms with Gasteiger partial charge in [0.2, 0.25) is 0 Å². The van der Waals surface area contributed by atoms with Crippen molar-refractivity contribution in [3.05, 3.63) is 28.3 Å². The molecule has 0 spiro atoms. The van der Waals surface area contributed by atoms with E-state index in [1.165, 1.54) is 23.2 Å². The summed E-state index contributed by atoms with van der Waals surface area (Å²) >= 11 is 6.17. The Kier molecular flexibility index (Phi) is 2.37. The maximum atomic E-state index is 6.17. The van der Waals surface area contributed by atoms with E-state index in [1.807, 2.05) is 0 Å². The molecule has 0 saturated carbocycles. The van der Waals surface area contributed by atoms with E-state index in [2.05, 4.69) is 36.3 Å². The van der Waals surface area contributed by atoms with Crippen LogP contribution in [0.3, 0.4) is 0 Å². The summed E-state index contributed by atoms with van der Waals surface area (Å²) in [6, 6.07) is 4.88. The van der Waals surface area contributed by atoms with Crippen LogP contribution in [0.4, 0.5) is 5.69 Å². The van der Waals surface area contributed by atoms with Crippen LogP contribution in [-0.2, 0) is 0 Å². The highest BCUT2D eigenvalue weighted by Gasteiger charge is 2.38. The van der Waals surface area contributed by atoms with Crippen LogP contribution in [0.25, 0.3) is 0 Å². The Labute approximate surface area is 102 Å². The summed E-state index contributed by atoms with van der Waals surface area (Å²) in [5, 5.41) is 4.36. The first-order valence-corrected chi connectivity index (χ1v) is 6.30. The molecule has 2 aliphatic heterocycles. The topological polar surface area (TPSA) is 15.3 Å². The van der Waals surface area contributed by atoms with Crippen molar-refractivity contribution >= 4 is 17.3 Å². The number of nitrogens with zero attached hydrogens (tertiary/aromatic N) is 1. The molecule has 3 rings (SSSR count). The average molecular weight is 237 g/mol. The van der Waals surface area contributed by atoms with Crippen molar-refractivity contribution in [2.75, 3.05) is 25.0 Å². The SMILES string of the molecule is Cc1cc(Cl)cc2c1N(C)C1CCNCC21. The molecular weight excluding hydrogens is 220 g/mol. The zero-order valence-electron chi connectivity index (χ0n) is 9.76. The fourth-order valence-corrected chi connectivity index (χ4v) is 3.60.